The first-order chi connectivity index (χ1) is 11.0. The highest BCUT2D eigenvalue weighted by Gasteiger charge is 2.26. The van der Waals surface area contributed by atoms with Gasteiger partial charge in [-0.05, 0) is 37.8 Å². The third kappa shape index (κ3) is 3.93. The molecule has 1 fully saturated rings. The van der Waals surface area contributed by atoms with Crippen LogP contribution in [0.3, 0.4) is 0 Å². The maximum Gasteiger partial charge on any atom is 0.233 e. The van der Waals surface area contributed by atoms with E-state index in [4.69, 9.17) is 0 Å². The molecule has 1 heterocycles. The molecular weight excluding hydrogens is 308 g/mol. The van der Waals surface area contributed by atoms with Gasteiger partial charge < -0.3 is 9.47 Å². The molecular formula is C17H22N4OS. The molecule has 0 bridgehead atoms. The van der Waals surface area contributed by atoms with Gasteiger partial charge in [-0.3, -0.25) is 4.79 Å². The zero-order valence-corrected chi connectivity index (χ0v) is 14.6. The van der Waals surface area contributed by atoms with E-state index < -0.39 is 0 Å². The molecule has 1 aromatic carbocycles. The lowest BCUT2D eigenvalue weighted by Crippen LogP contribution is -2.28. The number of aryl methyl sites for hydroxylation is 2. The zero-order valence-electron chi connectivity index (χ0n) is 13.8. The van der Waals surface area contributed by atoms with Crippen molar-refractivity contribution in [3.63, 3.8) is 0 Å². The third-order valence-electron chi connectivity index (χ3n) is 4.14. The van der Waals surface area contributed by atoms with Crippen LogP contribution in [0.25, 0.3) is 0 Å². The van der Waals surface area contributed by atoms with Crippen molar-refractivity contribution in [2.24, 2.45) is 0 Å². The molecule has 1 saturated carbocycles. The topological polar surface area (TPSA) is 51.0 Å². The first kappa shape index (κ1) is 16.1. The molecule has 0 radical (unpaired) electrons. The Balaban J connectivity index is 1.56. The summed E-state index contributed by atoms with van der Waals surface area (Å²) in [5.41, 5.74) is 3.67. The molecule has 0 saturated heterocycles. The van der Waals surface area contributed by atoms with Crippen molar-refractivity contribution in [1.29, 1.82) is 0 Å². The van der Waals surface area contributed by atoms with Crippen LogP contribution in [0.1, 0.15) is 35.6 Å². The minimum atomic E-state index is 0.111. The first-order valence-corrected chi connectivity index (χ1v) is 8.85. The molecule has 0 N–H and O–H groups in total. The minimum absolute atomic E-state index is 0.111. The Hall–Kier alpha value is -1.82. The van der Waals surface area contributed by atoms with Crippen LogP contribution in [0.4, 0.5) is 0 Å². The second kappa shape index (κ2) is 6.74. The predicted octanol–water partition coefficient (Wildman–Crippen LogP) is 2.98. The monoisotopic (exact) mass is 330 g/mol. The van der Waals surface area contributed by atoms with Gasteiger partial charge in [0.15, 0.2) is 5.16 Å². The van der Waals surface area contributed by atoms with Crippen molar-refractivity contribution in [1.82, 2.24) is 19.7 Å². The Morgan fingerprint density at radius 3 is 2.87 bits per heavy atom. The van der Waals surface area contributed by atoms with E-state index in [0.717, 1.165) is 5.16 Å². The number of rotatable bonds is 6. The Kier molecular flexibility index (Phi) is 4.71. The predicted molar refractivity (Wildman–Crippen MR) is 91.4 cm³/mol. The number of hydrogen-bond donors (Lipinski definition) is 0. The van der Waals surface area contributed by atoms with Gasteiger partial charge in [-0.25, -0.2) is 0 Å². The molecule has 1 aromatic heterocycles. The molecule has 0 aliphatic heterocycles. The van der Waals surface area contributed by atoms with Crippen LogP contribution >= 0.6 is 11.8 Å². The molecule has 6 heteroatoms. The van der Waals surface area contributed by atoms with Gasteiger partial charge >= 0.3 is 0 Å². The van der Waals surface area contributed by atoms with Crippen LogP contribution in [-0.4, -0.2) is 38.4 Å². The summed E-state index contributed by atoms with van der Waals surface area (Å²) in [6.07, 6.45) is 4.14. The molecule has 0 spiro atoms. The summed E-state index contributed by atoms with van der Waals surface area (Å²) in [4.78, 5) is 14.1. The summed E-state index contributed by atoms with van der Waals surface area (Å²) in [6, 6.07) is 6.88. The third-order valence-corrected chi connectivity index (χ3v) is 5.08. The number of amides is 1. The molecule has 23 heavy (non-hydrogen) atoms. The van der Waals surface area contributed by atoms with Crippen molar-refractivity contribution in [3.8, 4) is 0 Å². The van der Waals surface area contributed by atoms with Crippen LogP contribution in [0.2, 0.25) is 0 Å². The van der Waals surface area contributed by atoms with E-state index in [0.29, 0.717) is 18.3 Å². The molecule has 0 unspecified atom stereocenters. The van der Waals surface area contributed by atoms with Crippen molar-refractivity contribution in [2.45, 2.75) is 44.4 Å². The summed E-state index contributed by atoms with van der Waals surface area (Å²) >= 11 is 1.47. The maximum absolute atomic E-state index is 12.4. The molecule has 0 atom stereocenters. The summed E-state index contributed by atoms with van der Waals surface area (Å²) in [6.45, 7) is 4.81. The molecule has 1 aliphatic rings. The Labute approximate surface area is 141 Å². The Morgan fingerprint density at radius 2 is 2.17 bits per heavy atom. The number of aromatic nitrogens is 3. The highest BCUT2D eigenvalue weighted by molar-refractivity contribution is 7.99. The molecule has 5 nitrogen and oxygen atoms in total. The summed E-state index contributed by atoms with van der Waals surface area (Å²) in [5.74, 6) is 0.507. The summed E-state index contributed by atoms with van der Waals surface area (Å²) in [7, 11) is 1.85. The highest BCUT2D eigenvalue weighted by Crippen LogP contribution is 2.37. The quantitative estimate of drug-likeness (QED) is 0.764. The molecule has 3 rings (SSSR count). The van der Waals surface area contributed by atoms with Gasteiger partial charge in [0.25, 0.3) is 0 Å². The van der Waals surface area contributed by atoms with Crippen LogP contribution < -0.4 is 0 Å². The van der Waals surface area contributed by atoms with Gasteiger partial charge in [0.2, 0.25) is 5.91 Å². The number of thioether (sulfide) groups is 1. The largest absolute Gasteiger partial charge is 0.341 e. The highest BCUT2D eigenvalue weighted by atomic mass is 32.2. The van der Waals surface area contributed by atoms with Gasteiger partial charge in [0.1, 0.15) is 6.33 Å². The average molecular weight is 330 g/mol. The summed E-state index contributed by atoms with van der Waals surface area (Å²) < 4.78 is 2.09. The maximum atomic E-state index is 12.4. The second-order valence-electron chi connectivity index (χ2n) is 6.22. The van der Waals surface area contributed by atoms with Crippen molar-refractivity contribution >= 4 is 17.7 Å². The van der Waals surface area contributed by atoms with E-state index in [2.05, 4.69) is 46.8 Å². The van der Waals surface area contributed by atoms with Crippen LogP contribution in [-0.2, 0) is 11.3 Å². The van der Waals surface area contributed by atoms with E-state index in [1.165, 1.54) is 41.3 Å². The normalized spacial score (nSPS) is 14.0. The van der Waals surface area contributed by atoms with Crippen LogP contribution in [0.5, 0.6) is 0 Å². The smallest absolute Gasteiger partial charge is 0.233 e. The number of carbonyl (C=O) groups is 1. The number of benzene rings is 1. The fourth-order valence-electron chi connectivity index (χ4n) is 2.54. The average Bonchev–Trinajstić information content (AvgIpc) is 3.26. The van der Waals surface area contributed by atoms with Crippen LogP contribution in [0, 0.1) is 13.8 Å². The van der Waals surface area contributed by atoms with Crippen molar-refractivity contribution in [2.75, 3.05) is 12.8 Å². The van der Waals surface area contributed by atoms with Gasteiger partial charge in [-0.1, -0.05) is 35.5 Å². The minimum Gasteiger partial charge on any atom is -0.341 e. The molecule has 1 amide bonds. The number of nitrogens with zero attached hydrogens (tertiary/aromatic N) is 4. The van der Waals surface area contributed by atoms with Crippen LogP contribution in [0.15, 0.2) is 29.7 Å². The lowest BCUT2D eigenvalue weighted by molar-refractivity contribution is -0.127. The fraction of sp³-hybridized carbons (Fsp3) is 0.471. The standard InChI is InChI=1S/C17H22N4OS/c1-12-4-5-14(13(2)8-12)9-20(3)16(22)10-23-17-19-18-11-21(17)15-6-7-15/h4-5,8,11,15H,6-7,9-10H2,1-3H3. The lowest BCUT2D eigenvalue weighted by atomic mass is 10.1. The van der Waals surface area contributed by atoms with E-state index in [9.17, 15) is 4.79 Å². The fourth-order valence-corrected chi connectivity index (χ4v) is 3.46. The first-order valence-electron chi connectivity index (χ1n) is 7.87. The van der Waals surface area contributed by atoms with Gasteiger partial charge in [-0.2, -0.15) is 0 Å². The number of carbonyl (C=O) groups excluding carboxylic acids is 1. The van der Waals surface area contributed by atoms with Gasteiger partial charge in [0, 0.05) is 19.6 Å². The SMILES string of the molecule is Cc1ccc(CN(C)C(=O)CSc2nncn2C2CC2)c(C)c1. The zero-order chi connectivity index (χ0) is 16.4. The van der Waals surface area contributed by atoms with Crippen molar-refractivity contribution in [3.05, 3.63) is 41.2 Å². The summed E-state index contributed by atoms with van der Waals surface area (Å²) in [5, 5.41) is 8.93. The Morgan fingerprint density at radius 1 is 1.39 bits per heavy atom. The van der Waals surface area contributed by atoms with E-state index in [1.54, 1.807) is 11.2 Å². The van der Waals surface area contributed by atoms with E-state index in [1.807, 2.05) is 7.05 Å². The Bertz CT molecular complexity index is 708. The number of hydrogen-bond acceptors (Lipinski definition) is 4. The lowest BCUT2D eigenvalue weighted by Gasteiger charge is -2.18. The second-order valence-corrected chi connectivity index (χ2v) is 7.16. The van der Waals surface area contributed by atoms with Crippen molar-refractivity contribution < 1.29 is 4.79 Å². The van der Waals surface area contributed by atoms with E-state index in [-0.39, 0.29) is 5.91 Å². The molecule has 122 valence electrons. The van der Waals surface area contributed by atoms with Gasteiger partial charge in [-0.15, -0.1) is 10.2 Å². The van der Waals surface area contributed by atoms with E-state index >= 15 is 0 Å². The molecule has 2 aromatic rings. The van der Waals surface area contributed by atoms with Gasteiger partial charge in [0.05, 0.1) is 5.75 Å². The molecule has 1 aliphatic carbocycles.